The predicted molar refractivity (Wildman–Crippen MR) is 131 cm³/mol. The monoisotopic (exact) mass is 584 g/mol. The molecule has 0 amide bonds. The second-order valence-corrected chi connectivity index (χ2v) is 9.82. The average molecular weight is 585 g/mol. The number of aromatic nitrogens is 1. The highest BCUT2D eigenvalue weighted by Gasteiger charge is 2.38. The molecule has 3 heterocycles. The maximum atomic E-state index is 14.6. The van der Waals surface area contributed by atoms with E-state index in [1.165, 1.54) is 23.5 Å². The highest BCUT2D eigenvalue weighted by molar-refractivity contribution is 9.10. The second kappa shape index (κ2) is 11.5. The number of benzene rings is 1. The van der Waals surface area contributed by atoms with Gasteiger partial charge < -0.3 is 19.9 Å². The smallest absolute Gasteiger partial charge is 0.338 e. The third-order valence-corrected chi connectivity index (χ3v) is 7.06. The van der Waals surface area contributed by atoms with Crippen LogP contribution in [0.4, 0.5) is 8.78 Å². The van der Waals surface area contributed by atoms with Gasteiger partial charge in [-0.1, -0.05) is 22.0 Å². The number of thiazole rings is 1. The van der Waals surface area contributed by atoms with E-state index >= 15 is 0 Å². The minimum Gasteiger partial charge on any atom is -0.480 e. The van der Waals surface area contributed by atoms with Gasteiger partial charge in [0.1, 0.15) is 30.7 Å². The largest absolute Gasteiger partial charge is 0.480 e. The van der Waals surface area contributed by atoms with E-state index in [2.05, 4.69) is 26.2 Å². The van der Waals surface area contributed by atoms with Gasteiger partial charge in [0.2, 0.25) is 0 Å². The fraction of sp³-hybridized carbons (Fsp3) is 0.391. The number of nitrogens with zero attached hydrogens (tertiary/aromatic N) is 3. The van der Waals surface area contributed by atoms with Crippen LogP contribution >= 0.6 is 27.3 Å². The fourth-order valence-corrected chi connectivity index (χ4v) is 5.22. The van der Waals surface area contributed by atoms with E-state index in [0.29, 0.717) is 26.6 Å². The molecule has 13 heteroatoms. The van der Waals surface area contributed by atoms with Crippen LogP contribution in [-0.4, -0.2) is 77.9 Å². The number of halogens is 3. The topological polar surface area (TPSA) is 113 Å². The summed E-state index contributed by atoms with van der Waals surface area (Å²) in [6.07, 6.45) is -0.685. The lowest BCUT2D eigenvalue weighted by Crippen LogP contribution is -2.39. The molecule has 1 aromatic heterocycles. The summed E-state index contributed by atoms with van der Waals surface area (Å²) in [5.41, 5.74) is 1.18. The van der Waals surface area contributed by atoms with Crippen molar-refractivity contribution >= 4 is 45.0 Å². The van der Waals surface area contributed by atoms with Gasteiger partial charge in [-0.15, -0.1) is 11.3 Å². The summed E-state index contributed by atoms with van der Waals surface area (Å²) >= 11 is 4.72. The maximum Gasteiger partial charge on any atom is 0.338 e. The molecule has 2 aliphatic rings. The minimum absolute atomic E-state index is 0.0137. The van der Waals surface area contributed by atoms with E-state index in [9.17, 15) is 18.4 Å². The molecular formula is C23H23BrF2N4O5S. The average Bonchev–Trinajstić information content (AvgIpc) is 3.47. The molecule has 192 valence electrons. The van der Waals surface area contributed by atoms with Crippen molar-refractivity contribution in [3.63, 3.8) is 0 Å². The standard InChI is InChI=1S/C23H23BrF2N4O5S/c1-2-34-23(33)19-16(9-30-8-15(26)17(10-30)35-11-18(31)32)28-21(22-27-5-6-36-22)29-20(19)13-4-3-12(25)7-14(13)24/h3-7,15,17,20H,2,8-11H2,1H3,(H,28,29)(H,31,32)/t15?,17?,20-/m0/s1. The van der Waals surface area contributed by atoms with Crippen molar-refractivity contribution in [2.75, 3.05) is 32.8 Å². The first-order valence-corrected chi connectivity index (χ1v) is 12.7. The van der Waals surface area contributed by atoms with Crippen molar-refractivity contribution in [1.82, 2.24) is 15.2 Å². The number of aliphatic carboxylic acids is 1. The third-order valence-electron chi connectivity index (χ3n) is 5.59. The van der Waals surface area contributed by atoms with Gasteiger partial charge in [0.05, 0.1) is 12.2 Å². The van der Waals surface area contributed by atoms with Crippen LogP contribution in [0.3, 0.4) is 0 Å². The second-order valence-electron chi connectivity index (χ2n) is 8.07. The summed E-state index contributed by atoms with van der Waals surface area (Å²) in [6.45, 7) is 1.43. The van der Waals surface area contributed by atoms with Crippen LogP contribution in [0.15, 0.2) is 50.5 Å². The van der Waals surface area contributed by atoms with Crippen LogP contribution in [0, 0.1) is 5.82 Å². The molecule has 36 heavy (non-hydrogen) atoms. The third kappa shape index (κ3) is 5.97. The molecule has 2 aliphatic heterocycles. The Labute approximate surface area is 218 Å². The van der Waals surface area contributed by atoms with E-state index < -0.39 is 42.7 Å². The highest BCUT2D eigenvalue weighted by atomic mass is 79.9. The summed E-state index contributed by atoms with van der Waals surface area (Å²) in [4.78, 5) is 34.8. The Hall–Kier alpha value is -2.74. The van der Waals surface area contributed by atoms with Gasteiger partial charge in [-0.05, 0) is 24.6 Å². The van der Waals surface area contributed by atoms with Gasteiger partial charge in [0.25, 0.3) is 0 Å². The van der Waals surface area contributed by atoms with E-state index in [1.807, 2.05) is 0 Å². The number of carbonyl (C=O) groups is 2. The summed E-state index contributed by atoms with van der Waals surface area (Å²) in [5, 5.41) is 14.4. The van der Waals surface area contributed by atoms with E-state index in [4.69, 9.17) is 19.6 Å². The van der Waals surface area contributed by atoms with Gasteiger partial charge in [-0.3, -0.25) is 9.89 Å². The zero-order valence-electron chi connectivity index (χ0n) is 19.1. The highest BCUT2D eigenvalue weighted by Crippen LogP contribution is 2.37. The predicted octanol–water partition coefficient (Wildman–Crippen LogP) is 3.08. The Balaban J connectivity index is 1.72. The van der Waals surface area contributed by atoms with Crippen LogP contribution in [0.1, 0.15) is 23.5 Å². The lowest BCUT2D eigenvalue weighted by atomic mass is 9.95. The number of amidine groups is 1. The number of carbonyl (C=O) groups excluding carboxylic acids is 1. The van der Waals surface area contributed by atoms with Gasteiger partial charge in [0, 0.05) is 41.4 Å². The van der Waals surface area contributed by atoms with Crippen LogP contribution in [0.25, 0.3) is 0 Å². The van der Waals surface area contributed by atoms with Gasteiger partial charge in [-0.2, -0.15) is 0 Å². The fourth-order valence-electron chi connectivity index (χ4n) is 4.06. The molecule has 0 aliphatic carbocycles. The van der Waals surface area contributed by atoms with E-state index in [-0.39, 0.29) is 31.8 Å². The molecule has 1 aromatic carbocycles. The van der Waals surface area contributed by atoms with Crippen molar-refractivity contribution in [2.45, 2.75) is 25.2 Å². The number of likely N-dealkylation sites (tertiary alicyclic amines) is 1. The Morgan fingerprint density at radius 2 is 2.17 bits per heavy atom. The first kappa shape index (κ1) is 26.3. The first-order chi connectivity index (χ1) is 17.3. The van der Waals surface area contributed by atoms with Crippen molar-refractivity contribution in [2.24, 2.45) is 4.99 Å². The number of carboxylic acid groups (broad SMARTS) is 1. The molecular weight excluding hydrogens is 562 g/mol. The van der Waals surface area contributed by atoms with Gasteiger partial charge in [-0.25, -0.2) is 23.4 Å². The number of rotatable bonds is 9. The Morgan fingerprint density at radius 1 is 1.36 bits per heavy atom. The molecule has 9 nitrogen and oxygen atoms in total. The van der Waals surface area contributed by atoms with Crippen molar-refractivity contribution in [1.29, 1.82) is 0 Å². The van der Waals surface area contributed by atoms with Crippen molar-refractivity contribution < 1.29 is 33.0 Å². The summed E-state index contributed by atoms with van der Waals surface area (Å²) in [5.74, 6) is -1.84. The first-order valence-electron chi connectivity index (χ1n) is 11.1. The molecule has 0 saturated carbocycles. The van der Waals surface area contributed by atoms with Crippen LogP contribution < -0.4 is 5.32 Å². The maximum absolute atomic E-state index is 14.6. The number of carboxylic acids is 1. The molecule has 1 fully saturated rings. The Bertz CT molecular complexity index is 1190. The Morgan fingerprint density at radius 3 is 2.83 bits per heavy atom. The molecule has 0 radical (unpaired) electrons. The van der Waals surface area contributed by atoms with Gasteiger partial charge in [0.15, 0.2) is 10.8 Å². The van der Waals surface area contributed by atoms with Crippen LogP contribution in [0.5, 0.6) is 0 Å². The number of hydrogen-bond acceptors (Lipinski definition) is 9. The lowest BCUT2D eigenvalue weighted by molar-refractivity contribution is -0.145. The van der Waals surface area contributed by atoms with Crippen molar-refractivity contribution in [3.05, 3.63) is 61.9 Å². The Kier molecular flexibility index (Phi) is 8.44. The quantitative estimate of drug-likeness (QED) is 0.432. The number of alkyl halides is 1. The number of aliphatic imine (C=N–C) groups is 1. The summed E-state index contributed by atoms with van der Waals surface area (Å²) in [6, 6.07) is 3.26. The summed E-state index contributed by atoms with van der Waals surface area (Å²) < 4.78 is 39.4. The molecule has 2 aromatic rings. The number of esters is 1. The molecule has 4 rings (SSSR count). The molecule has 2 unspecified atom stereocenters. The molecule has 3 atom stereocenters. The van der Waals surface area contributed by atoms with E-state index in [1.54, 1.807) is 29.5 Å². The molecule has 2 N–H and O–H groups in total. The normalized spacial score (nSPS) is 22.3. The SMILES string of the molecule is CCOC(=O)C1=C(CN2CC(F)C(OCC(=O)O)C2)NC(c2nccs2)=N[C@H]1c1ccc(F)cc1Br. The zero-order chi connectivity index (χ0) is 25.8. The minimum atomic E-state index is -1.39. The number of nitrogens with one attached hydrogen (secondary N) is 1. The van der Waals surface area contributed by atoms with Crippen LogP contribution in [-0.2, 0) is 19.1 Å². The van der Waals surface area contributed by atoms with Gasteiger partial charge >= 0.3 is 11.9 Å². The van der Waals surface area contributed by atoms with Crippen LogP contribution in [0.2, 0.25) is 0 Å². The molecule has 0 spiro atoms. The molecule has 0 bridgehead atoms. The lowest BCUT2D eigenvalue weighted by Gasteiger charge is -2.29. The zero-order valence-corrected chi connectivity index (χ0v) is 21.5. The number of ether oxygens (including phenoxy) is 2. The van der Waals surface area contributed by atoms with Crippen molar-refractivity contribution in [3.8, 4) is 0 Å². The number of hydrogen-bond donors (Lipinski definition) is 2. The van der Waals surface area contributed by atoms with E-state index in [0.717, 1.165) is 0 Å². The summed E-state index contributed by atoms with van der Waals surface area (Å²) in [7, 11) is 0. The molecule has 1 saturated heterocycles.